The van der Waals surface area contributed by atoms with E-state index in [0.717, 1.165) is 54.7 Å². The molecule has 0 unspecified atom stereocenters. The number of nitrogens with one attached hydrogen (secondary N) is 1. The Hall–Kier alpha value is -2.80. The van der Waals surface area contributed by atoms with Gasteiger partial charge in [-0.05, 0) is 53.5 Å². The summed E-state index contributed by atoms with van der Waals surface area (Å²) in [6.07, 6.45) is 15.1. The normalized spacial score (nSPS) is 24.5. The molecule has 1 aromatic carbocycles. The first-order valence-electron chi connectivity index (χ1n) is 11.3. The van der Waals surface area contributed by atoms with Crippen LogP contribution in [0.4, 0.5) is 4.39 Å². The van der Waals surface area contributed by atoms with Crippen molar-refractivity contribution in [1.82, 2.24) is 9.88 Å². The van der Waals surface area contributed by atoms with Crippen molar-refractivity contribution >= 4 is 17.4 Å². The number of aromatic nitrogens is 1. The molecule has 32 heavy (non-hydrogen) atoms. The summed E-state index contributed by atoms with van der Waals surface area (Å²) in [5.41, 5.74) is 6.80. The quantitative estimate of drug-likeness (QED) is 0.760. The molecule has 2 aromatic rings. The third-order valence-electron chi connectivity index (χ3n) is 6.85. The lowest BCUT2D eigenvalue weighted by molar-refractivity contribution is -0.145. The van der Waals surface area contributed by atoms with E-state index in [0.29, 0.717) is 19.3 Å². The number of aromatic amines is 1. The van der Waals surface area contributed by atoms with E-state index in [1.54, 1.807) is 0 Å². The Bertz CT molecular complexity index is 1140. The van der Waals surface area contributed by atoms with Gasteiger partial charge in [0.1, 0.15) is 5.82 Å². The van der Waals surface area contributed by atoms with Crippen LogP contribution in [0.3, 0.4) is 0 Å². The lowest BCUT2D eigenvalue weighted by atomic mass is 9.89. The van der Waals surface area contributed by atoms with E-state index in [1.807, 2.05) is 24.5 Å². The van der Waals surface area contributed by atoms with Gasteiger partial charge in [0.25, 0.3) is 0 Å². The van der Waals surface area contributed by atoms with Gasteiger partial charge in [-0.1, -0.05) is 12.2 Å². The van der Waals surface area contributed by atoms with Crippen LogP contribution >= 0.6 is 0 Å². The van der Waals surface area contributed by atoms with E-state index >= 15 is 0 Å². The fourth-order valence-corrected chi connectivity index (χ4v) is 5.36. The largest absolute Gasteiger partial charge is 0.360 e. The van der Waals surface area contributed by atoms with Crippen LogP contribution in [0, 0.1) is 5.82 Å². The van der Waals surface area contributed by atoms with Gasteiger partial charge in [-0.25, -0.2) is 4.39 Å². The number of ether oxygens (including phenoxy) is 2. The smallest absolute Gasteiger partial charge is 0.183 e. The SMILES string of the molecule is Fc1ccc(-c2[nH]cc(C3=C[C@@H]4CC5(CN4CC3)OCCO5)c2C2=CCC=NC=C2)cc1. The Kier molecular flexibility index (Phi) is 4.94. The number of fused-ring (bicyclic) bond motifs is 1. The van der Waals surface area contributed by atoms with E-state index in [1.165, 1.54) is 23.3 Å². The Morgan fingerprint density at radius 3 is 2.84 bits per heavy atom. The number of H-pyrrole nitrogens is 1. The van der Waals surface area contributed by atoms with Crippen molar-refractivity contribution in [2.45, 2.75) is 31.1 Å². The van der Waals surface area contributed by atoms with Gasteiger partial charge in [-0.3, -0.25) is 9.89 Å². The summed E-state index contributed by atoms with van der Waals surface area (Å²) in [5.74, 6) is -0.661. The second-order valence-electron chi connectivity index (χ2n) is 8.79. The Labute approximate surface area is 186 Å². The zero-order valence-corrected chi connectivity index (χ0v) is 17.9. The molecule has 1 aromatic heterocycles. The number of benzene rings is 1. The van der Waals surface area contributed by atoms with Gasteiger partial charge < -0.3 is 14.5 Å². The van der Waals surface area contributed by atoms with Gasteiger partial charge in [0, 0.05) is 55.2 Å². The van der Waals surface area contributed by atoms with Crippen LogP contribution in [0.15, 0.2) is 59.9 Å². The predicted octanol–water partition coefficient (Wildman–Crippen LogP) is 4.80. The molecule has 2 saturated heterocycles. The van der Waals surface area contributed by atoms with Crippen molar-refractivity contribution in [3.8, 4) is 11.3 Å². The molecule has 5 nitrogen and oxygen atoms in total. The molecule has 6 heteroatoms. The predicted molar refractivity (Wildman–Crippen MR) is 124 cm³/mol. The summed E-state index contributed by atoms with van der Waals surface area (Å²) in [6, 6.07) is 7.00. The fourth-order valence-electron chi connectivity index (χ4n) is 5.36. The van der Waals surface area contributed by atoms with Crippen molar-refractivity contribution in [1.29, 1.82) is 0 Å². The third-order valence-corrected chi connectivity index (χ3v) is 6.85. The molecule has 164 valence electrons. The van der Waals surface area contributed by atoms with E-state index in [2.05, 4.69) is 39.3 Å². The van der Waals surface area contributed by atoms with Crippen molar-refractivity contribution in [3.63, 3.8) is 0 Å². The summed E-state index contributed by atoms with van der Waals surface area (Å²) in [7, 11) is 0. The van der Waals surface area contributed by atoms with Gasteiger partial charge in [0.2, 0.25) is 0 Å². The number of halogens is 1. The second kappa shape index (κ2) is 7.96. The molecule has 2 fully saturated rings. The number of nitrogens with zero attached hydrogens (tertiary/aromatic N) is 2. The van der Waals surface area contributed by atoms with Crippen molar-refractivity contribution in [2.24, 2.45) is 4.99 Å². The molecule has 1 N–H and O–H groups in total. The zero-order chi connectivity index (χ0) is 21.5. The summed E-state index contributed by atoms with van der Waals surface area (Å²) >= 11 is 0. The Balaban J connectivity index is 1.41. The maximum atomic E-state index is 13.6. The highest BCUT2D eigenvalue weighted by molar-refractivity contribution is 5.92. The van der Waals surface area contributed by atoms with Crippen LogP contribution in [0.5, 0.6) is 0 Å². The fraction of sp³-hybridized carbons (Fsp3) is 0.346. The highest BCUT2D eigenvalue weighted by Crippen LogP contribution is 2.42. The summed E-state index contributed by atoms with van der Waals surface area (Å²) in [5, 5.41) is 0. The van der Waals surface area contributed by atoms with Gasteiger partial charge >= 0.3 is 0 Å². The molecule has 0 saturated carbocycles. The molecule has 6 rings (SSSR count). The standard InChI is InChI=1S/C26H26FN3O2/c27-21-5-3-19(4-6-21)25-24(18-2-1-9-28-10-7-18)23(16-29-25)20-8-11-30-17-26(15-22(30)14-20)31-12-13-32-26/h2-7,9-10,14,16,22,29H,1,8,11-13,15,17H2/t22-/m1/s1. The molecular formula is C26H26FN3O2. The van der Waals surface area contributed by atoms with Crippen LogP contribution in [0.1, 0.15) is 30.4 Å². The monoisotopic (exact) mass is 431 g/mol. The van der Waals surface area contributed by atoms with Crippen molar-refractivity contribution < 1.29 is 13.9 Å². The first-order chi connectivity index (χ1) is 15.7. The summed E-state index contributed by atoms with van der Waals surface area (Å²) in [4.78, 5) is 10.3. The zero-order valence-electron chi connectivity index (χ0n) is 17.9. The van der Waals surface area contributed by atoms with Gasteiger partial charge in [-0.2, -0.15) is 0 Å². The molecule has 4 aliphatic rings. The summed E-state index contributed by atoms with van der Waals surface area (Å²) < 4.78 is 25.5. The van der Waals surface area contributed by atoms with Crippen LogP contribution in [0.25, 0.3) is 22.4 Å². The minimum absolute atomic E-state index is 0.231. The third kappa shape index (κ3) is 3.48. The van der Waals surface area contributed by atoms with Crippen LogP contribution in [-0.4, -0.2) is 54.2 Å². The maximum Gasteiger partial charge on any atom is 0.183 e. The minimum Gasteiger partial charge on any atom is -0.360 e. The van der Waals surface area contributed by atoms with Crippen LogP contribution in [0.2, 0.25) is 0 Å². The lowest BCUT2D eigenvalue weighted by Gasteiger charge is -2.28. The number of hydrogen-bond acceptors (Lipinski definition) is 4. The van der Waals surface area contributed by atoms with Crippen molar-refractivity contribution in [3.05, 3.63) is 71.8 Å². The maximum absolute atomic E-state index is 13.6. The first-order valence-corrected chi connectivity index (χ1v) is 11.3. The van der Waals surface area contributed by atoms with Gasteiger partial charge in [0.05, 0.1) is 25.5 Å². The lowest BCUT2D eigenvalue weighted by Crippen LogP contribution is -2.36. The first kappa shape index (κ1) is 19.9. The number of allylic oxidation sites excluding steroid dienone is 3. The summed E-state index contributed by atoms with van der Waals surface area (Å²) in [6.45, 7) is 3.19. The molecule has 0 radical (unpaired) electrons. The number of rotatable bonds is 3. The number of aliphatic imine (C=N–C) groups is 1. The van der Waals surface area contributed by atoms with E-state index < -0.39 is 5.79 Å². The van der Waals surface area contributed by atoms with Gasteiger partial charge in [0.15, 0.2) is 5.79 Å². The average molecular weight is 432 g/mol. The van der Waals surface area contributed by atoms with E-state index in [9.17, 15) is 4.39 Å². The second-order valence-corrected chi connectivity index (χ2v) is 8.79. The average Bonchev–Trinajstić information content (AvgIpc) is 3.48. The number of hydrogen-bond donors (Lipinski definition) is 1. The Morgan fingerprint density at radius 1 is 1.16 bits per heavy atom. The highest BCUT2D eigenvalue weighted by atomic mass is 19.1. The van der Waals surface area contributed by atoms with E-state index in [-0.39, 0.29) is 5.82 Å². The molecule has 0 amide bonds. The molecule has 4 aliphatic heterocycles. The van der Waals surface area contributed by atoms with Crippen LogP contribution < -0.4 is 0 Å². The molecule has 0 aliphatic carbocycles. The van der Waals surface area contributed by atoms with Crippen molar-refractivity contribution in [2.75, 3.05) is 26.3 Å². The van der Waals surface area contributed by atoms with Gasteiger partial charge in [-0.15, -0.1) is 0 Å². The van der Waals surface area contributed by atoms with E-state index in [4.69, 9.17) is 9.47 Å². The Morgan fingerprint density at radius 2 is 2.00 bits per heavy atom. The topological polar surface area (TPSA) is 49.9 Å². The van der Waals surface area contributed by atoms with Crippen LogP contribution in [-0.2, 0) is 9.47 Å². The highest BCUT2D eigenvalue weighted by Gasteiger charge is 2.48. The molecule has 1 atom stereocenters. The molecule has 1 spiro atoms. The molecular weight excluding hydrogens is 405 g/mol. The molecule has 5 heterocycles. The molecule has 0 bridgehead atoms. The minimum atomic E-state index is -0.430.